The molecule has 20 heavy (non-hydrogen) atoms. The van der Waals surface area contributed by atoms with Crippen LogP contribution >= 0.6 is 0 Å². The van der Waals surface area contributed by atoms with Gasteiger partial charge in [0.1, 0.15) is 0 Å². The molecule has 112 valence electrons. The molecule has 0 unspecified atom stereocenters. The maximum Gasteiger partial charge on any atom is 0.323 e. The lowest BCUT2D eigenvalue weighted by molar-refractivity contribution is -0.391. The van der Waals surface area contributed by atoms with E-state index < -0.39 is 4.92 Å². The SMILES string of the molecule is CCC(CC)N(CCO)C(=O)c1ccc([N+](=O)[O-])n1C. The summed E-state index contributed by atoms with van der Waals surface area (Å²) in [6.45, 7) is 4.04. The highest BCUT2D eigenvalue weighted by molar-refractivity contribution is 5.93. The lowest BCUT2D eigenvalue weighted by Crippen LogP contribution is -2.42. The Morgan fingerprint density at radius 1 is 1.45 bits per heavy atom. The number of amides is 1. The van der Waals surface area contributed by atoms with E-state index in [0.717, 1.165) is 12.8 Å². The maximum absolute atomic E-state index is 12.5. The van der Waals surface area contributed by atoms with Gasteiger partial charge in [-0.05, 0) is 23.8 Å². The maximum atomic E-state index is 12.5. The van der Waals surface area contributed by atoms with Crippen molar-refractivity contribution in [2.45, 2.75) is 32.7 Å². The van der Waals surface area contributed by atoms with Crippen LogP contribution in [0.3, 0.4) is 0 Å². The van der Waals surface area contributed by atoms with E-state index in [0.29, 0.717) is 0 Å². The number of nitro groups is 1. The van der Waals surface area contributed by atoms with Crippen molar-refractivity contribution in [1.29, 1.82) is 0 Å². The molecule has 0 atom stereocenters. The predicted octanol–water partition coefficient (Wildman–Crippen LogP) is 1.56. The van der Waals surface area contributed by atoms with Crippen molar-refractivity contribution in [3.8, 4) is 0 Å². The Hall–Kier alpha value is -1.89. The molecule has 0 saturated carbocycles. The first kappa shape index (κ1) is 16.2. The fourth-order valence-corrected chi connectivity index (χ4v) is 2.33. The summed E-state index contributed by atoms with van der Waals surface area (Å²) < 4.78 is 1.27. The summed E-state index contributed by atoms with van der Waals surface area (Å²) in [6, 6.07) is 2.79. The number of aliphatic hydroxyl groups is 1. The molecular formula is C13H21N3O4. The third kappa shape index (κ3) is 3.16. The van der Waals surface area contributed by atoms with Gasteiger partial charge >= 0.3 is 5.82 Å². The number of carbonyl (C=O) groups excluding carboxylic acids is 1. The van der Waals surface area contributed by atoms with Crippen LogP contribution in [0, 0.1) is 10.1 Å². The minimum absolute atomic E-state index is 0.0172. The van der Waals surface area contributed by atoms with Crippen LogP contribution in [-0.2, 0) is 7.05 Å². The van der Waals surface area contributed by atoms with Gasteiger partial charge in [-0.3, -0.25) is 4.79 Å². The van der Waals surface area contributed by atoms with Crippen LogP contribution in [0.15, 0.2) is 12.1 Å². The number of nitrogens with zero attached hydrogens (tertiary/aromatic N) is 3. The smallest absolute Gasteiger partial charge is 0.323 e. The zero-order valence-electron chi connectivity index (χ0n) is 12.1. The van der Waals surface area contributed by atoms with Gasteiger partial charge in [0.15, 0.2) is 5.69 Å². The molecule has 1 heterocycles. The monoisotopic (exact) mass is 283 g/mol. The van der Waals surface area contributed by atoms with Crippen LogP contribution in [0.4, 0.5) is 5.82 Å². The zero-order valence-corrected chi connectivity index (χ0v) is 12.1. The van der Waals surface area contributed by atoms with E-state index in [1.54, 1.807) is 4.90 Å². The molecule has 1 rings (SSSR count). The summed E-state index contributed by atoms with van der Waals surface area (Å²) >= 11 is 0. The molecule has 0 aromatic carbocycles. The second-order valence-electron chi connectivity index (χ2n) is 4.59. The lowest BCUT2D eigenvalue weighted by atomic mass is 10.1. The van der Waals surface area contributed by atoms with Crippen LogP contribution in [0.25, 0.3) is 0 Å². The second-order valence-corrected chi connectivity index (χ2v) is 4.59. The second kappa shape index (κ2) is 7.04. The van der Waals surface area contributed by atoms with Crippen LogP contribution in [0.2, 0.25) is 0 Å². The van der Waals surface area contributed by atoms with Crippen molar-refractivity contribution < 1.29 is 14.8 Å². The summed E-state index contributed by atoms with van der Waals surface area (Å²) in [4.78, 5) is 24.4. The molecule has 0 radical (unpaired) electrons. The van der Waals surface area contributed by atoms with E-state index in [4.69, 9.17) is 5.11 Å². The van der Waals surface area contributed by atoms with Gasteiger partial charge < -0.3 is 20.1 Å². The van der Waals surface area contributed by atoms with Gasteiger partial charge in [0.05, 0.1) is 13.7 Å². The van der Waals surface area contributed by atoms with Crippen molar-refractivity contribution in [3.05, 3.63) is 27.9 Å². The Morgan fingerprint density at radius 3 is 2.45 bits per heavy atom. The average Bonchev–Trinajstić information content (AvgIpc) is 2.80. The minimum atomic E-state index is -0.524. The lowest BCUT2D eigenvalue weighted by Gasteiger charge is -2.29. The molecule has 0 spiro atoms. The summed E-state index contributed by atoms with van der Waals surface area (Å²) in [5.41, 5.74) is 0.261. The molecule has 0 fully saturated rings. The third-order valence-electron chi connectivity index (χ3n) is 3.49. The average molecular weight is 283 g/mol. The van der Waals surface area contributed by atoms with E-state index in [9.17, 15) is 14.9 Å². The Bertz CT molecular complexity index is 480. The van der Waals surface area contributed by atoms with Crippen molar-refractivity contribution in [2.24, 2.45) is 7.05 Å². The quantitative estimate of drug-likeness (QED) is 0.607. The summed E-state index contributed by atoms with van der Waals surface area (Å²) in [5, 5.41) is 19.9. The van der Waals surface area contributed by atoms with E-state index in [-0.39, 0.29) is 36.6 Å². The topological polar surface area (TPSA) is 88.6 Å². The number of rotatable bonds is 7. The molecule has 1 N–H and O–H groups in total. The normalized spacial score (nSPS) is 10.8. The van der Waals surface area contributed by atoms with Gasteiger partial charge in [-0.25, -0.2) is 4.57 Å². The Kier molecular flexibility index (Phi) is 5.69. The molecule has 0 saturated heterocycles. The van der Waals surface area contributed by atoms with E-state index in [1.807, 2.05) is 13.8 Å². The number of hydrogen-bond donors (Lipinski definition) is 1. The molecule has 0 bridgehead atoms. The fourth-order valence-electron chi connectivity index (χ4n) is 2.33. The van der Waals surface area contributed by atoms with Gasteiger partial charge in [-0.15, -0.1) is 0 Å². The fraction of sp³-hybridized carbons (Fsp3) is 0.615. The Balaban J connectivity index is 3.09. The van der Waals surface area contributed by atoms with Crippen molar-refractivity contribution in [3.63, 3.8) is 0 Å². The van der Waals surface area contributed by atoms with Gasteiger partial charge in [0.25, 0.3) is 5.91 Å². The molecule has 0 aliphatic rings. The van der Waals surface area contributed by atoms with E-state index >= 15 is 0 Å². The Morgan fingerprint density at radius 2 is 2.05 bits per heavy atom. The molecule has 1 amide bonds. The first-order valence-electron chi connectivity index (χ1n) is 6.69. The van der Waals surface area contributed by atoms with Crippen molar-refractivity contribution in [1.82, 2.24) is 9.47 Å². The van der Waals surface area contributed by atoms with Crippen LogP contribution in [0.5, 0.6) is 0 Å². The first-order valence-corrected chi connectivity index (χ1v) is 6.69. The van der Waals surface area contributed by atoms with Gasteiger partial charge in [0.2, 0.25) is 0 Å². The highest BCUT2D eigenvalue weighted by Crippen LogP contribution is 2.19. The van der Waals surface area contributed by atoms with E-state index in [2.05, 4.69) is 0 Å². The summed E-state index contributed by atoms with van der Waals surface area (Å²) in [5.74, 6) is -0.412. The van der Waals surface area contributed by atoms with Gasteiger partial charge in [-0.1, -0.05) is 13.8 Å². The minimum Gasteiger partial charge on any atom is -0.395 e. The van der Waals surface area contributed by atoms with E-state index in [1.165, 1.54) is 23.7 Å². The number of aliphatic hydroxyl groups excluding tert-OH is 1. The predicted molar refractivity (Wildman–Crippen MR) is 74.6 cm³/mol. The number of aromatic nitrogens is 1. The third-order valence-corrected chi connectivity index (χ3v) is 3.49. The molecular weight excluding hydrogens is 262 g/mol. The molecule has 7 heteroatoms. The molecule has 0 aliphatic heterocycles. The standard InChI is InChI=1S/C13H21N3O4/c1-4-10(5-2)15(8-9-17)13(18)11-6-7-12(14(11)3)16(19)20/h6-7,10,17H,4-5,8-9H2,1-3H3. The summed E-state index contributed by atoms with van der Waals surface area (Å²) in [6.07, 6.45) is 1.55. The number of carbonyl (C=O) groups is 1. The molecule has 7 nitrogen and oxygen atoms in total. The zero-order chi connectivity index (χ0) is 15.3. The first-order chi connectivity index (χ1) is 9.47. The molecule has 1 aromatic heterocycles. The van der Waals surface area contributed by atoms with Gasteiger partial charge in [0, 0.05) is 18.7 Å². The molecule has 0 aliphatic carbocycles. The highest BCUT2D eigenvalue weighted by Gasteiger charge is 2.28. The van der Waals surface area contributed by atoms with Crippen LogP contribution in [0.1, 0.15) is 37.2 Å². The largest absolute Gasteiger partial charge is 0.395 e. The van der Waals surface area contributed by atoms with Crippen molar-refractivity contribution >= 4 is 11.7 Å². The van der Waals surface area contributed by atoms with Crippen LogP contribution in [-0.4, -0.2) is 44.6 Å². The molecule has 1 aromatic rings. The Labute approximate surface area is 118 Å². The number of hydrogen-bond acceptors (Lipinski definition) is 4. The summed E-state index contributed by atoms with van der Waals surface area (Å²) in [7, 11) is 1.50. The van der Waals surface area contributed by atoms with Gasteiger partial charge in [-0.2, -0.15) is 0 Å². The van der Waals surface area contributed by atoms with Crippen molar-refractivity contribution in [2.75, 3.05) is 13.2 Å². The van der Waals surface area contributed by atoms with Crippen LogP contribution < -0.4 is 0 Å². The highest BCUT2D eigenvalue weighted by atomic mass is 16.6.